The molecule has 1 aliphatic rings. The van der Waals surface area contributed by atoms with E-state index in [2.05, 4.69) is 6.92 Å². The van der Waals surface area contributed by atoms with Gasteiger partial charge in [0.2, 0.25) is 5.82 Å². The zero-order valence-corrected chi connectivity index (χ0v) is 11.9. The molecule has 0 aromatic heterocycles. The number of likely N-dealkylation sites (tertiary alicyclic amines) is 1. The van der Waals surface area contributed by atoms with Gasteiger partial charge in [-0.05, 0) is 24.5 Å². The number of carbonyl (C=O) groups excluding carboxylic acids is 1. The van der Waals surface area contributed by atoms with Gasteiger partial charge in [-0.2, -0.15) is 4.39 Å². The number of hydrogen-bond acceptors (Lipinski definition) is 4. The van der Waals surface area contributed by atoms with Gasteiger partial charge in [-0.3, -0.25) is 14.9 Å². The SMILES string of the molecule is COC1CN(C(=O)c2ccc([N+](=O)[O-])c(F)c2)CCC1C. The minimum absolute atomic E-state index is 0.0504. The molecule has 1 heterocycles. The van der Waals surface area contributed by atoms with Crippen LogP contribution < -0.4 is 0 Å². The lowest BCUT2D eigenvalue weighted by molar-refractivity contribution is -0.387. The Kier molecular flexibility index (Phi) is 4.52. The van der Waals surface area contributed by atoms with E-state index in [1.165, 1.54) is 6.07 Å². The van der Waals surface area contributed by atoms with Crippen LogP contribution in [0.1, 0.15) is 23.7 Å². The van der Waals surface area contributed by atoms with Gasteiger partial charge in [0.15, 0.2) is 0 Å². The number of nitro benzene ring substituents is 1. The molecule has 7 heteroatoms. The van der Waals surface area contributed by atoms with Crippen molar-refractivity contribution >= 4 is 11.6 Å². The summed E-state index contributed by atoms with van der Waals surface area (Å²) in [4.78, 5) is 23.7. The number of ether oxygens (including phenoxy) is 1. The number of nitro groups is 1. The average molecular weight is 296 g/mol. The molecule has 1 aromatic rings. The molecule has 21 heavy (non-hydrogen) atoms. The number of amides is 1. The highest BCUT2D eigenvalue weighted by Gasteiger charge is 2.30. The molecule has 2 rings (SSSR count). The van der Waals surface area contributed by atoms with Crippen LogP contribution in [0.4, 0.5) is 10.1 Å². The van der Waals surface area contributed by atoms with Crippen molar-refractivity contribution in [1.29, 1.82) is 0 Å². The van der Waals surface area contributed by atoms with E-state index >= 15 is 0 Å². The molecule has 0 N–H and O–H groups in total. The first kappa shape index (κ1) is 15.4. The minimum atomic E-state index is -1.00. The van der Waals surface area contributed by atoms with Crippen LogP contribution in [0.2, 0.25) is 0 Å². The molecule has 1 saturated heterocycles. The molecule has 0 saturated carbocycles. The van der Waals surface area contributed by atoms with Crippen molar-refractivity contribution in [3.63, 3.8) is 0 Å². The molecular formula is C14H17FN2O4. The lowest BCUT2D eigenvalue weighted by Crippen LogP contribution is -2.46. The van der Waals surface area contributed by atoms with Crippen LogP contribution in [0, 0.1) is 21.8 Å². The van der Waals surface area contributed by atoms with Crippen molar-refractivity contribution in [2.75, 3.05) is 20.2 Å². The Bertz CT molecular complexity index is 564. The minimum Gasteiger partial charge on any atom is -0.379 e. The van der Waals surface area contributed by atoms with E-state index in [0.29, 0.717) is 19.0 Å². The normalized spacial score (nSPS) is 22.1. The third kappa shape index (κ3) is 3.18. The van der Waals surface area contributed by atoms with E-state index in [1.54, 1.807) is 12.0 Å². The predicted molar refractivity (Wildman–Crippen MR) is 73.5 cm³/mol. The lowest BCUT2D eigenvalue weighted by atomic mass is 9.95. The third-order valence-electron chi connectivity index (χ3n) is 3.87. The second-order valence-corrected chi connectivity index (χ2v) is 5.21. The Labute approximate surface area is 121 Å². The molecule has 1 amide bonds. The van der Waals surface area contributed by atoms with Crippen molar-refractivity contribution < 1.29 is 18.8 Å². The third-order valence-corrected chi connectivity index (χ3v) is 3.87. The molecule has 1 fully saturated rings. The number of hydrogen-bond donors (Lipinski definition) is 0. The quantitative estimate of drug-likeness (QED) is 0.633. The van der Waals surface area contributed by atoms with Gasteiger partial charge in [-0.25, -0.2) is 0 Å². The summed E-state index contributed by atoms with van der Waals surface area (Å²) in [6.45, 7) is 3.06. The first-order chi connectivity index (χ1) is 9.93. The average Bonchev–Trinajstić information content (AvgIpc) is 2.46. The molecule has 6 nitrogen and oxygen atoms in total. The van der Waals surface area contributed by atoms with E-state index in [-0.39, 0.29) is 17.6 Å². The maximum atomic E-state index is 13.6. The van der Waals surface area contributed by atoms with Crippen LogP contribution in [0.3, 0.4) is 0 Å². The number of methoxy groups -OCH3 is 1. The van der Waals surface area contributed by atoms with E-state index in [4.69, 9.17) is 4.74 Å². The summed E-state index contributed by atoms with van der Waals surface area (Å²) >= 11 is 0. The molecule has 1 aliphatic heterocycles. The van der Waals surface area contributed by atoms with Crippen LogP contribution in [0.15, 0.2) is 18.2 Å². The van der Waals surface area contributed by atoms with E-state index in [9.17, 15) is 19.3 Å². The van der Waals surface area contributed by atoms with Gasteiger partial charge in [0.1, 0.15) is 0 Å². The Hall–Kier alpha value is -2.02. The number of benzene rings is 1. The fraction of sp³-hybridized carbons (Fsp3) is 0.500. The first-order valence-corrected chi connectivity index (χ1v) is 6.70. The standard InChI is InChI=1S/C14H17FN2O4/c1-9-5-6-16(8-13(9)21-2)14(18)10-3-4-12(17(19)20)11(15)7-10/h3-4,7,9,13H,5-6,8H2,1-2H3. The Morgan fingerprint density at radius 3 is 2.81 bits per heavy atom. The maximum absolute atomic E-state index is 13.6. The van der Waals surface area contributed by atoms with Gasteiger partial charge in [0.25, 0.3) is 5.91 Å². The number of nitrogens with zero attached hydrogens (tertiary/aromatic N) is 2. The fourth-order valence-electron chi connectivity index (χ4n) is 2.50. The van der Waals surface area contributed by atoms with Gasteiger partial charge in [0.05, 0.1) is 11.0 Å². The fourth-order valence-corrected chi connectivity index (χ4v) is 2.50. The summed E-state index contributed by atoms with van der Waals surface area (Å²) in [6.07, 6.45) is 0.755. The molecule has 114 valence electrons. The van der Waals surface area contributed by atoms with Gasteiger partial charge >= 0.3 is 5.69 Å². The summed E-state index contributed by atoms with van der Waals surface area (Å²) in [7, 11) is 1.60. The Morgan fingerprint density at radius 2 is 2.24 bits per heavy atom. The van der Waals surface area contributed by atoms with Crippen LogP contribution in [0.5, 0.6) is 0 Å². The molecule has 0 bridgehead atoms. The van der Waals surface area contributed by atoms with Crippen LogP contribution in [-0.4, -0.2) is 42.0 Å². The van der Waals surface area contributed by atoms with Gasteiger partial charge in [-0.1, -0.05) is 6.92 Å². The van der Waals surface area contributed by atoms with E-state index in [0.717, 1.165) is 18.6 Å². The zero-order chi connectivity index (χ0) is 15.6. The summed E-state index contributed by atoms with van der Waals surface area (Å²) < 4.78 is 18.9. The molecule has 2 atom stereocenters. The number of piperidine rings is 1. The highest BCUT2D eigenvalue weighted by Crippen LogP contribution is 2.23. The second-order valence-electron chi connectivity index (χ2n) is 5.21. The Morgan fingerprint density at radius 1 is 1.52 bits per heavy atom. The molecular weight excluding hydrogens is 279 g/mol. The van der Waals surface area contributed by atoms with Crippen molar-refractivity contribution in [2.24, 2.45) is 5.92 Å². The molecule has 0 radical (unpaired) electrons. The monoisotopic (exact) mass is 296 g/mol. The Balaban J connectivity index is 2.17. The maximum Gasteiger partial charge on any atom is 0.304 e. The van der Waals surface area contributed by atoms with Crippen molar-refractivity contribution in [3.8, 4) is 0 Å². The summed E-state index contributed by atoms with van der Waals surface area (Å²) in [5.41, 5.74) is -0.518. The van der Waals surface area contributed by atoms with Crippen LogP contribution in [0.25, 0.3) is 0 Å². The van der Waals surface area contributed by atoms with E-state index in [1.807, 2.05) is 0 Å². The molecule has 2 unspecified atom stereocenters. The second kappa shape index (κ2) is 6.17. The van der Waals surface area contributed by atoms with Gasteiger partial charge in [0, 0.05) is 31.8 Å². The van der Waals surface area contributed by atoms with Gasteiger partial charge in [-0.15, -0.1) is 0 Å². The molecule has 1 aromatic carbocycles. The smallest absolute Gasteiger partial charge is 0.304 e. The first-order valence-electron chi connectivity index (χ1n) is 6.70. The van der Waals surface area contributed by atoms with Gasteiger partial charge < -0.3 is 9.64 Å². The van der Waals surface area contributed by atoms with Crippen LogP contribution >= 0.6 is 0 Å². The number of rotatable bonds is 3. The summed E-state index contributed by atoms with van der Waals surface area (Å²) in [5, 5.41) is 10.6. The predicted octanol–water partition coefficient (Wildman–Crippen LogP) is 2.23. The van der Waals surface area contributed by atoms with Crippen molar-refractivity contribution in [2.45, 2.75) is 19.4 Å². The van der Waals surface area contributed by atoms with Crippen LogP contribution in [-0.2, 0) is 4.74 Å². The lowest BCUT2D eigenvalue weighted by Gasteiger charge is -2.36. The van der Waals surface area contributed by atoms with Crippen molar-refractivity contribution in [3.05, 3.63) is 39.7 Å². The highest BCUT2D eigenvalue weighted by atomic mass is 19.1. The van der Waals surface area contributed by atoms with E-state index < -0.39 is 16.4 Å². The number of halogens is 1. The highest BCUT2D eigenvalue weighted by molar-refractivity contribution is 5.94. The topological polar surface area (TPSA) is 72.7 Å². The van der Waals surface area contributed by atoms with Crippen molar-refractivity contribution in [1.82, 2.24) is 4.90 Å². The summed E-state index contributed by atoms with van der Waals surface area (Å²) in [5.74, 6) is -0.982. The largest absolute Gasteiger partial charge is 0.379 e. The molecule has 0 aliphatic carbocycles. The summed E-state index contributed by atoms with van der Waals surface area (Å²) in [6, 6.07) is 3.21. The number of carbonyl (C=O) groups is 1. The zero-order valence-electron chi connectivity index (χ0n) is 11.9. The molecule has 0 spiro atoms.